The van der Waals surface area contributed by atoms with Gasteiger partial charge >= 0.3 is 0 Å². The molecule has 2 aliphatic rings. The Bertz CT molecular complexity index is 437. The molecule has 98 valence electrons. The summed E-state index contributed by atoms with van der Waals surface area (Å²) in [6, 6.07) is 8.14. The molecule has 2 fully saturated rings. The first-order chi connectivity index (χ1) is 8.63. The van der Waals surface area contributed by atoms with Gasteiger partial charge in [-0.2, -0.15) is 0 Å². The van der Waals surface area contributed by atoms with Crippen LogP contribution in [0.15, 0.2) is 22.7 Å². The summed E-state index contributed by atoms with van der Waals surface area (Å²) in [6.45, 7) is 0. The van der Waals surface area contributed by atoms with Crippen LogP contribution >= 0.6 is 27.5 Å². The number of halogens is 2. The van der Waals surface area contributed by atoms with Crippen molar-refractivity contribution >= 4 is 33.2 Å². The molecule has 2 atom stereocenters. The number of nitrogens with one attached hydrogen (secondary N) is 1. The standard InChI is InChI=1S/C14H18BrClN2/c1-18-11-3-4-12(18)8-10(7-11)17-14-5-2-9(15)6-13(14)16/h2,5-6,10-12,17H,3-4,7-8H2,1H3. The van der Waals surface area contributed by atoms with Gasteiger partial charge in [-0.1, -0.05) is 27.5 Å². The summed E-state index contributed by atoms with van der Waals surface area (Å²) < 4.78 is 1.03. The summed E-state index contributed by atoms with van der Waals surface area (Å²) in [4.78, 5) is 2.56. The molecule has 0 spiro atoms. The van der Waals surface area contributed by atoms with Crippen molar-refractivity contribution in [2.24, 2.45) is 0 Å². The molecule has 3 rings (SSSR count). The van der Waals surface area contributed by atoms with E-state index >= 15 is 0 Å². The van der Waals surface area contributed by atoms with E-state index in [9.17, 15) is 0 Å². The van der Waals surface area contributed by atoms with Crippen molar-refractivity contribution in [1.29, 1.82) is 0 Å². The van der Waals surface area contributed by atoms with Crippen LogP contribution < -0.4 is 5.32 Å². The van der Waals surface area contributed by atoms with E-state index in [4.69, 9.17) is 11.6 Å². The van der Waals surface area contributed by atoms with E-state index in [1.54, 1.807) is 0 Å². The van der Waals surface area contributed by atoms with Gasteiger partial charge in [-0.25, -0.2) is 0 Å². The van der Waals surface area contributed by atoms with Crippen LogP contribution in [-0.4, -0.2) is 30.1 Å². The molecule has 0 aliphatic carbocycles. The number of nitrogens with zero attached hydrogens (tertiary/aromatic N) is 1. The van der Waals surface area contributed by atoms with Crippen molar-refractivity contribution in [2.45, 2.75) is 43.8 Å². The van der Waals surface area contributed by atoms with Crippen molar-refractivity contribution in [3.8, 4) is 0 Å². The third kappa shape index (κ3) is 2.40. The zero-order valence-corrected chi connectivity index (χ0v) is 12.8. The van der Waals surface area contributed by atoms with E-state index < -0.39 is 0 Å². The molecule has 2 aliphatic heterocycles. The Morgan fingerprint density at radius 3 is 2.56 bits per heavy atom. The van der Waals surface area contributed by atoms with E-state index in [0.717, 1.165) is 27.3 Å². The molecule has 2 unspecified atom stereocenters. The van der Waals surface area contributed by atoms with Crippen LogP contribution in [0.4, 0.5) is 5.69 Å². The molecular formula is C14H18BrClN2. The molecule has 2 nitrogen and oxygen atoms in total. The molecule has 0 amide bonds. The lowest BCUT2D eigenvalue weighted by atomic mass is 9.98. The number of piperidine rings is 1. The Balaban J connectivity index is 1.70. The minimum absolute atomic E-state index is 0.567. The molecule has 1 aromatic carbocycles. The Kier molecular flexibility index (Phi) is 3.57. The Morgan fingerprint density at radius 1 is 1.28 bits per heavy atom. The maximum Gasteiger partial charge on any atom is 0.0648 e. The maximum absolute atomic E-state index is 6.26. The highest BCUT2D eigenvalue weighted by Crippen LogP contribution is 2.36. The highest BCUT2D eigenvalue weighted by molar-refractivity contribution is 9.10. The first-order valence-corrected chi connectivity index (χ1v) is 7.74. The fourth-order valence-corrected chi connectivity index (χ4v) is 4.08. The van der Waals surface area contributed by atoms with E-state index in [2.05, 4.69) is 39.3 Å². The zero-order valence-electron chi connectivity index (χ0n) is 10.5. The Morgan fingerprint density at radius 2 is 1.94 bits per heavy atom. The van der Waals surface area contributed by atoms with Crippen LogP contribution in [0.25, 0.3) is 0 Å². The predicted octanol–water partition coefficient (Wildman–Crippen LogP) is 4.14. The Hall–Kier alpha value is -0.250. The number of hydrogen-bond acceptors (Lipinski definition) is 2. The number of rotatable bonds is 2. The molecule has 0 radical (unpaired) electrons. The highest BCUT2D eigenvalue weighted by atomic mass is 79.9. The van der Waals surface area contributed by atoms with Gasteiger partial charge in [-0.05, 0) is 50.9 Å². The predicted molar refractivity (Wildman–Crippen MR) is 80.4 cm³/mol. The fourth-order valence-electron chi connectivity index (χ4n) is 3.36. The van der Waals surface area contributed by atoms with Gasteiger partial charge in [0.2, 0.25) is 0 Å². The lowest BCUT2D eigenvalue weighted by Crippen LogP contribution is -2.44. The smallest absolute Gasteiger partial charge is 0.0648 e. The first-order valence-electron chi connectivity index (χ1n) is 6.57. The second-order valence-corrected chi connectivity index (χ2v) is 6.81. The topological polar surface area (TPSA) is 15.3 Å². The quantitative estimate of drug-likeness (QED) is 0.877. The van der Waals surface area contributed by atoms with Crippen LogP contribution in [-0.2, 0) is 0 Å². The molecule has 0 saturated carbocycles. The van der Waals surface area contributed by atoms with Crippen molar-refractivity contribution in [2.75, 3.05) is 12.4 Å². The minimum atomic E-state index is 0.567. The fraction of sp³-hybridized carbons (Fsp3) is 0.571. The summed E-state index contributed by atoms with van der Waals surface area (Å²) >= 11 is 9.70. The zero-order chi connectivity index (χ0) is 12.7. The molecule has 1 aromatic rings. The van der Waals surface area contributed by atoms with Crippen molar-refractivity contribution in [3.63, 3.8) is 0 Å². The average molecular weight is 330 g/mol. The molecule has 2 bridgehead atoms. The maximum atomic E-state index is 6.26. The van der Waals surface area contributed by atoms with Gasteiger partial charge in [0.1, 0.15) is 0 Å². The summed E-state index contributed by atoms with van der Waals surface area (Å²) in [5, 5.41) is 4.42. The third-order valence-electron chi connectivity index (χ3n) is 4.39. The van der Waals surface area contributed by atoms with E-state index in [1.807, 2.05) is 12.1 Å². The van der Waals surface area contributed by atoms with Crippen LogP contribution in [0, 0.1) is 0 Å². The van der Waals surface area contributed by atoms with Gasteiger partial charge in [-0.3, -0.25) is 0 Å². The van der Waals surface area contributed by atoms with E-state index in [-0.39, 0.29) is 0 Å². The molecular weight excluding hydrogens is 312 g/mol. The van der Waals surface area contributed by atoms with Gasteiger partial charge in [0, 0.05) is 22.6 Å². The van der Waals surface area contributed by atoms with Crippen LogP contribution in [0.3, 0.4) is 0 Å². The monoisotopic (exact) mass is 328 g/mol. The minimum Gasteiger partial charge on any atom is -0.381 e. The number of benzene rings is 1. The average Bonchev–Trinajstić information content (AvgIpc) is 2.57. The summed E-state index contributed by atoms with van der Waals surface area (Å²) in [5.41, 5.74) is 1.06. The highest BCUT2D eigenvalue weighted by Gasteiger charge is 2.38. The molecule has 0 aromatic heterocycles. The van der Waals surface area contributed by atoms with Crippen LogP contribution in [0.1, 0.15) is 25.7 Å². The molecule has 18 heavy (non-hydrogen) atoms. The lowest BCUT2D eigenvalue weighted by Gasteiger charge is -2.37. The van der Waals surface area contributed by atoms with Gasteiger partial charge in [0.05, 0.1) is 10.7 Å². The molecule has 1 N–H and O–H groups in total. The normalized spacial score (nSPS) is 31.6. The Labute approximate surface area is 122 Å². The number of fused-ring (bicyclic) bond motifs is 2. The lowest BCUT2D eigenvalue weighted by molar-refractivity contribution is 0.169. The largest absolute Gasteiger partial charge is 0.381 e. The van der Waals surface area contributed by atoms with Gasteiger partial charge in [0.25, 0.3) is 0 Å². The second kappa shape index (κ2) is 5.03. The summed E-state index contributed by atoms with van der Waals surface area (Å²) in [5.74, 6) is 0. The SMILES string of the molecule is CN1C2CCC1CC(Nc1ccc(Br)cc1Cl)C2. The van der Waals surface area contributed by atoms with Crippen LogP contribution in [0.5, 0.6) is 0 Å². The van der Waals surface area contributed by atoms with Crippen molar-refractivity contribution in [1.82, 2.24) is 4.90 Å². The van der Waals surface area contributed by atoms with Gasteiger partial charge in [-0.15, -0.1) is 0 Å². The molecule has 2 heterocycles. The molecule has 2 saturated heterocycles. The molecule has 4 heteroatoms. The summed E-state index contributed by atoms with van der Waals surface area (Å²) in [7, 11) is 2.27. The van der Waals surface area contributed by atoms with Gasteiger partial charge in [0.15, 0.2) is 0 Å². The number of anilines is 1. The van der Waals surface area contributed by atoms with Crippen molar-refractivity contribution in [3.05, 3.63) is 27.7 Å². The summed E-state index contributed by atoms with van der Waals surface area (Å²) in [6.07, 6.45) is 5.18. The number of hydrogen-bond donors (Lipinski definition) is 1. The van der Waals surface area contributed by atoms with Crippen molar-refractivity contribution < 1.29 is 0 Å². The van der Waals surface area contributed by atoms with E-state index in [0.29, 0.717) is 6.04 Å². The van der Waals surface area contributed by atoms with Gasteiger partial charge < -0.3 is 10.2 Å². The van der Waals surface area contributed by atoms with Crippen LogP contribution in [0.2, 0.25) is 5.02 Å². The van der Waals surface area contributed by atoms with E-state index in [1.165, 1.54) is 25.7 Å². The first kappa shape index (κ1) is 12.8. The third-order valence-corrected chi connectivity index (χ3v) is 5.19. The second-order valence-electron chi connectivity index (χ2n) is 5.49.